The zero-order valence-corrected chi connectivity index (χ0v) is 12.2. The van der Waals surface area contributed by atoms with Crippen LogP contribution in [0.5, 0.6) is 0 Å². The Hall–Kier alpha value is 1.49. The molecule has 0 aromatic heterocycles. The SMILES string of the molecule is CC1[N-]CCC1NC(C)(C)CF.[K+]. The fourth-order valence-electron chi connectivity index (χ4n) is 1.52. The number of hydrogen-bond acceptors (Lipinski definition) is 1. The van der Waals surface area contributed by atoms with Crippen molar-refractivity contribution in [2.75, 3.05) is 13.2 Å². The normalized spacial score (nSPS) is 28.6. The van der Waals surface area contributed by atoms with E-state index in [9.17, 15) is 4.39 Å². The third-order valence-corrected chi connectivity index (χ3v) is 2.35. The van der Waals surface area contributed by atoms with Crippen LogP contribution in [0.3, 0.4) is 0 Å². The number of rotatable bonds is 3. The number of nitrogens with one attached hydrogen (secondary N) is 1. The van der Waals surface area contributed by atoms with Gasteiger partial charge < -0.3 is 10.6 Å². The van der Waals surface area contributed by atoms with Crippen LogP contribution in [0.1, 0.15) is 27.2 Å². The molecule has 1 fully saturated rings. The van der Waals surface area contributed by atoms with E-state index >= 15 is 0 Å². The third kappa shape index (κ3) is 4.69. The second-order valence-corrected chi connectivity index (χ2v) is 4.20. The van der Waals surface area contributed by atoms with Gasteiger partial charge in [0.05, 0.1) is 0 Å². The van der Waals surface area contributed by atoms with E-state index in [4.69, 9.17) is 0 Å². The number of halogens is 1. The van der Waals surface area contributed by atoms with Crippen LogP contribution < -0.4 is 56.7 Å². The minimum atomic E-state index is -0.390. The van der Waals surface area contributed by atoms with Gasteiger partial charge in [0.25, 0.3) is 0 Å². The molecule has 1 saturated heterocycles. The Kier molecular flexibility index (Phi) is 6.86. The Morgan fingerprint density at radius 3 is 2.54 bits per heavy atom. The van der Waals surface area contributed by atoms with Gasteiger partial charge in [-0.2, -0.15) is 0 Å². The summed E-state index contributed by atoms with van der Waals surface area (Å²) in [6.45, 7) is 6.45. The molecule has 0 bridgehead atoms. The summed E-state index contributed by atoms with van der Waals surface area (Å²) < 4.78 is 12.5. The molecule has 1 aliphatic rings. The molecular formula is C9H18FKN2. The van der Waals surface area contributed by atoms with Crippen molar-refractivity contribution in [3.05, 3.63) is 5.32 Å². The van der Waals surface area contributed by atoms with Gasteiger partial charge in [0.1, 0.15) is 6.67 Å². The number of nitrogens with zero attached hydrogens (tertiary/aromatic N) is 1. The zero-order valence-electron chi connectivity index (χ0n) is 9.10. The van der Waals surface area contributed by atoms with E-state index in [1.54, 1.807) is 0 Å². The van der Waals surface area contributed by atoms with Crippen LogP contribution in [0.4, 0.5) is 4.39 Å². The van der Waals surface area contributed by atoms with Gasteiger partial charge in [-0.1, -0.05) is 13.3 Å². The van der Waals surface area contributed by atoms with Gasteiger partial charge in [-0.3, -0.25) is 0 Å². The Morgan fingerprint density at radius 1 is 1.54 bits per heavy atom. The van der Waals surface area contributed by atoms with Crippen molar-refractivity contribution in [2.24, 2.45) is 0 Å². The maximum absolute atomic E-state index is 12.5. The summed E-state index contributed by atoms with van der Waals surface area (Å²) in [5.41, 5.74) is -0.390. The largest absolute Gasteiger partial charge is 1.00 e. The molecular weight excluding hydrogens is 194 g/mol. The molecule has 0 spiro atoms. The molecule has 0 aromatic carbocycles. The van der Waals surface area contributed by atoms with Crippen LogP contribution in [-0.4, -0.2) is 30.8 Å². The first kappa shape index (κ1) is 14.5. The van der Waals surface area contributed by atoms with Crippen LogP contribution in [0, 0.1) is 0 Å². The molecule has 1 N–H and O–H groups in total. The molecule has 1 heterocycles. The monoisotopic (exact) mass is 212 g/mol. The molecule has 13 heavy (non-hydrogen) atoms. The summed E-state index contributed by atoms with van der Waals surface area (Å²) in [5.74, 6) is 0. The average Bonchev–Trinajstić information content (AvgIpc) is 2.36. The first-order chi connectivity index (χ1) is 5.55. The van der Waals surface area contributed by atoms with Gasteiger partial charge in [0, 0.05) is 5.54 Å². The van der Waals surface area contributed by atoms with Crippen molar-refractivity contribution in [3.8, 4) is 0 Å². The molecule has 0 amide bonds. The van der Waals surface area contributed by atoms with Crippen LogP contribution in [0.15, 0.2) is 0 Å². The molecule has 2 nitrogen and oxygen atoms in total. The molecule has 2 unspecified atom stereocenters. The second kappa shape index (κ2) is 6.15. The summed E-state index contributed by atoms with van der Waals surface area (Å²) in [4.78, 5) is 0. The van der Waals surface area contributed by atoms with Crippen molar-refractivity contribution in [1.82, 2.24) is 5.32 Å². The Labute approximate surface area is 123 Å². The Balaban J connectivity index is 0.00000144. The standard InChI is InChI=1S/C9H18FN2.K/c1-7-8(4-5-11-7)12-9(2,3)6-10;/h7-8,12H,4-6H2,1-3H3;/q-1;+1. The van der Waals surface area contributed by atoms with E-state index in [1.165, 1.54) is 0 Å². The van der Waals surface area contributed by atoms with E-state index in [2.05, 4.69) is 17.6 Å². The van der Waals surface area contributed by atoms with E-state index < -0.39 is 5.54 Å². The van der Waals surface area contributed by atoms with E-state index in [-0.39, 0.29) is 58.1 Å². The van der Waals surface area contributed by atoms with Crippen LogP contribution in [-0.2, 0) is 0 Å². The van der Waals surface area contributed by atoms with Crippen molar-refractivity contribution in [1.29, 1.82) is 0 Å². The average molecular weight is 212 g/mol. The summed E-state index contributed by atoms with van der Waals surface area (Å²) in [5, 5.41) is 7.64. The third-order valence-electron chi connectivity index (χ3n) is 2.35. The fraction of sp³-hybridized carbons (Fsp3) is 1.00. The van der Waals surface area contributed by atoms with Gasteiger partial charge in [-0.25, -0.2) is 4.39 Å². The minimum absolute atomic E-state index is 0. The van der Waals surface area contributed by atoms with Crippen molar-refractivity contribution in [2.45, 2.75) is 44.8 Å². The first-order valence-electron chi connectivity index (χ1n) is 4.55. The summed E-state index contributed by atoms with van der Waals surface area (Å²) >= 11 is 0. The van der Waals surface area contributed by atoms with Crippen molar-refractivity contribution in [3.63, 3.8) is 0 Å². The molecule has 4 heteroatoms. The summed E-state index contributed by atoms with van der Waals surface area (Å²) in [6.07, 6.45) is 1.05. The number of hydrogen-bond donors (Lipinski definition) is 1. The minimum Gasteiger partial charge on any atom is -0.658 e. The maximum atomic E-state index is 12.5. The molecule has 0 radical (unpaired) electrons. The fourth-order valence-corrected chi connectivity index (χ4v) is 1.52. The van der Waals surface area contributed by atoms with Gasteiger partial charge >= 0.3 is 51.4 Å². The van der Waals surface area contributed by atoms with Crippen LogP contribution in [0.2, 0.25) is 0 Å². The van der Waals surface area contributed by atoms with Gasteiger partial charge in [0.2, 0.25) is 0 Å². The van der Waals surface area contributed by atoms with Gasteiger partial charge in [-0.15, -0.1) is 12.6 Å². The molecule has 0 saturated carbocycles. The molecule has 1 rings (SSSR count). The smallest absolute Gasteiger partial charge is 0.658 e. The van der Waals surface area contributed by atoms with E-state index in [0.717, 1.165) is 13.0 Å². The van der Waals surface area contributed by atoms with Gasteiger partial charge in [-0.05, 0) is 19.9 Å². The first-order valence-corrected chi connectivity index (χ1v) is 4.55. The van der Waals surface area contributed by atoms with Crippen LogP contribution >= 0.6 is 0 Å². The Morgan fingerprint density at radius 2 is 2.15 bits per heavy atom. The number of alkyl halides is 1. The summed E-state index contributed by atoms with van der Waals surface area (Å²) in [6, 6.07) is 0.714. The molecule has 1 aliphatic heterocycles. The van der Waals surface area contributed by atoms with E-state index in [1.807, 2.05) is 13.8 Å². The predicted octanol–water partition coefficient (Wildman–Crippen LogP) is -1.14. The maximum Gasteiger partial charge on any atom is 1.00 e. The van der Waals surface area contributed by atoms with E-state index in [0.29, 0.717) is 12.1 Å². The predicted molar refractivity (Wildman–Crippen MR) is 49.3 cm³/mol. The quantitative estimate of drug-likeness (QED) is 0.588. The zero-order chi connectivity index (χ0) is 9.19. The van der Waals surface area contributed by atoms with Gasteiger partial charge in [0.15, 0.2) is 0 Å². The Bertz CT molecular complexity index is 153. The van der Waals surface area contributed by atoms with Crippen molar-refractivity contribution >= 4 is 0 Å². The van der Waals surface area contributed by atoms with Crippen LogP contribution in [0.25, 0.3) is 5.32 Å². The molecule has 72 valence electrons. The second-order valence-electron chi connectivity index (χ2n) is 4.20. The molecule has 0 aliphatic carbocycles. The molecule has 2 atom stereocenters. The summed E-state index contributed by atoms with van der Waals surface area (Å²) in [7, 11) is 0. The molecule has 0 aromatic rings. The van der Waals surface area contributed by atoms with Crippen molar-refractivity contribution < 1.29 is 55.8 Å². The topological polar surface area (TPSA) is 26.1 Å².